The summed E-state index contributed by atoms with van der Waals surface area (Å²) in [4.78, 5) is 12.1. The first-order valence-electron chi connectivity index (χ1n) is 6.31. The molecule has 5 heteroatoms. The summed E-state index contributed by atoms with van der Waals surface area (Å²) in [6.45, 7) is 15.6. The fraction of sp³-hybridized carbons (Fsp3) is 0.923. The molecule has 0 amide bonds. The van der Waals surface area contributed by atoms with E-state index in [2.05, 4.69) is 56.5 Å². The Kier molecular flexibility index (Phi) is 7.45. The molecule has 0 radical (unpaired) electrons. The summed E-state index contributed by atoms with van der Waals surface area (Å²) in [5, 5.41) is 0.444. The highest BCUT2D eigenvalue weighted by Crippen LogP contribution is 2.38. The Balaban J connectivity index is 4.47. The predicted octanol–water partition coefficient (Wildman–Crippen LogP) is 4.73. The van der Waals surface area contributed by atoms with Gasteiger partial charge in [0.05, 0.1) is 5.41 Å². The standard InChI is InChI=1S/C13H27IO2SSi/c1-12(2,3)18(6,7)16-10-13(4,5)11(15)17-9-8-14/h8-10H2,1-7H3. The van der Waals surface area contributed by atoms with Crippen LogP contribution in [0.5, 0.6) is 0 Å². The van der Waals surface area contributed by atoms with Gasteiger partial charge in [0, 0.05) is 16.8 Å². The van der Waals surface area contributed by atoms with Gasteiger partial charge >= 0.3 is 0 Å². The Hall–Kier alpha value is 0.927. The second-order valence-electron chi connectivity index (χ2n) is 6.76. The van der Waals surface area contributed by atoms with Crippen LogP contribution < -0.4 is 0 Å². The van der Waals surface area contributed by atoms with Crippen LogP contribution in [-0.2, 0) is 9.22 Å². The van der Waals surface area contributed by atoms with Gasteiger partial charge in [-0.15, -0.1) is 0 Å². The lowest BCUT2D eigenvalue weighted by molar-refractivity contribution is -0.119. The Morgan fingerprint density at radius 3 is 2.11 bits per heavy atom. The molecule has 0 aromatic rings. The zero-order valence-electron chi connectivity index (χ0n) is 12.7. The van der Waals surface area contributed by atoms with Gasteiger partial charge in [-0.25, -0.2) is 0 Å². The second kappa shape index (κ2) is 7.08. The normalized spacial score (nSPS) is 13.8. The van der Waals surface area contributed by atoms with Crippen LogP contribution in [0.2, 0.25) is 18.1 Å². The number of carbonyl (C=O) groups is 1. The van der Waals surface area contributed by atoms with E-state index in [1.807, 2.05) is 13.8 Å². The fourth-order valence-electron chi connectivity index (χ4n) is 0.963. The van der Waals surface area contributed by atoms with Crippen molar-refractivity contribution >= 4 is 47.8 Å². The molecular formula is C13H27IO2SSi. The van der Waals surface area contributed by atoms with Gasteiger partial charge in [-0.1, -0.05) is 55.1 Å². The smallest absolute Gasteiger partial charge is 0.196 e. The van der Waals surface area contributed by atoms with Crippen molar-refractivity contribution < 1.29 is 9.22 Å². The lowest BCUT2D eigenvalue weighted by atomic mass is 9.97. The second-order valence-corrected chi connectivity index (χ2v) is 13.7. The summed E-state index contributed by atoms with van der Waals surface area (Å²) in [5.41, 5.74) is -0.383. The zero-order valence-corrected chi connectivity index (χ0v) is 16.7. The molecule has 0 aliphatic rings. The molecule has 0 saturated heterocycles. The topological polar surface area (TPSA) is 26.3 Å². The van der Waals surface area contributed by atoms with Crippen molar-refractivity contribution in [2.75, 3.05) is 16.8 Å². The SMILES string of the molecule is CC(C)(CO[Si](C)(C)C(C)(C)C)C(=O)SCCI. The van der Waals surface area contributed by atoms with Crippen molar-refractivity contribution in [2.24, 2.45) is 5.41 Å². The molecule has 0 fully saturated rings. The van der Waals surface area contributed by atoms with Gasteiger partial charge in [-0.05, 0) is 32.0 Å². The minimum Gasteiger partial charge on any atom is -0.416 e. The quantitative estimate of drug-likeness (QED) is 0.365. The number of carbonyl (C=O) groups excluding carboxylic acids is 1. The molecule has 0 rings (SSSR count). The summed E-state index contributed by atoms with van der Waals surface area (Å²) >= 11 is 3.73. The molecule has 0 bridgehead atoms. The van der Waals surface area contributed by atoms with E-state index in [0.717, 1.165) is 10.2 Å². The summed E-state index contributed by atoms with van der Waals surface area (Å²) in [7, 11) is -1.75. The first-order chi connectivity index (χ1) is 7.94. The van der Waals surface area contributed by atoms with Crippen LogP contribution in [0.1, 0.15) is 34.6 Å². The van der Waals surface area contributed by atoms with Gasteiger partial charge in [-0.3, -0.25) is 4.79 Å². The minimum atomic E-state index is -1.75. The first kappa shape index (κ1) is 18.9. The third kappa shape index (κ3) is 5.92. The molecule has 0 saturated carbocycles. The number of rotatable bonds is 6. The van der Waals surface area contributed by atoms with E-state index in [1.54, 1.807) is 0 Å². The number of alkyl halides is 1. The third-order valence-electron chi connectivity index (χ3n) is 3.46. The maximum atomic E-state index is 12.1. The van der Waals surface area contributed by atoms with Crippen molar-refractivity contribution in [2.45, 2.75) is 52.8 Å². The van der Waals surface area contributed by atoms with Crippen LogP contribution >= 0.6 is 34.4 Å². The highest BCUT2D eigenvalue weighted by Gasteiger charge is 2.39. The highest BCUT2D eigenvalue weighted by atomic mass is 127. The summed E-state index contributed by atoms with van der Waals surface area (Å²) in [6.07, 6.45) is 0. The average molecular weight is 402 g/mol. The van der Waals surface area contributed by atoms with E-state index < -0.39 is 8.32 Å². The van der Waals surface area contributed by atoms with Gasteiger partial charge in [0.25, 0.3) is 0 Å². The molecule has 18 heavy (non-hydrogen) atoms. The van der Waals surface area contributed by atoms with Gasteiger partial charge in [0.15, 0.2) is 13.4 Å². The Labute approximate surface area is 131 Å². The number of hydrogen-bond donors (Lipinski definition) is 0. The number of thioether (sulfide) groups is 1. The summed E-state index contributed by atoms with van der Waals surface area (Å²) < 4.78 is 7.17. The predicted molar refractivity (Wildman–Crippen MR) is 93.3 cm³/mol. The van der Waals surface area contributed by atoms with Crippen LogP contribution in [0.25, 0.3) is 0 Å². The molecule has 0 N–H and O–H groups in total. The van der Waals surface area contributed by atoms with E-state index in [4.69, 9.17) is 4.43 Å². The summed E-state index contributed by atoms with van der Waals surface area (Å²) in [6, 6.07) is 0. The van der Waals surface area contributed by atoms with Crippen molar-refractivity contribution in [1.29, 1.82) is 0 Å². The molecule has 0 heterocycles. The lowest BCUT2D eigenvalue weighted by Crippen LogP contribution is -2.44. The molecule has 0 aliphatic heterocycles. The van der Waals surface area contributed by atoms with Gasteiger partial charge < -0.3 is 4.43 Å². The van der Waals surface area contributed by atoms with Crippen LogP contribution in [-0.4, -0.2) is 30.2 Å². The molecule has 0 aliphatic carbocycles. The Bertz CT molecular complexity index is 285. The zero-order chi connectivity index (χ0) is 14.6. The van der Waals surface area contributed by atoms with Crippen molar-refractivity contribution in [3.63, 3.8) is 0 Å². The largest absolute Gasteiger partial charge is 0.416 e. The van der Waals surface area contributed by atoms with Gasteiger partial charge in [0.2, 0.25) is 0 Å². The van der Waals surface area contributed by atoms with Crippen molar-refractivity contribution in [3.05, 3.63) is 0 Å². The van der Waals surface area contributed by atoms with E-state index in [-0.39, 0.29) is 15.6 Å². The Morgan fingerprint density at radius 2 is 1.72 bits per heavy atom. The highest BCUT2D eigenvalue weighted by molar-refractivity contribution is 14.1. The fourth-order valence-corrected chi connectivity index (χ4v) is 3.49. The summed E-state index contributed by atoms with van der Waals surface area (Å²) in [5.74, 6) is 0.892. The Morgan fingerprint density at radius 1 is 1.22 bits per heavy atom. The van der Waals surface area contributed by atoms with Crippen molar-refractivity contribution in [1.82, 2.24) is 0 Å². The monoisotopic (exact) mass is 402 g/mol. The molecule has 108 valence electrons. The van der Waals surface area contributed by atoms with E-state index in [0.29, 0.717) is 6.61 Å². The van der Waals surface area contributed by atoms with E-state index in [1.165, 1.54) is 11.8 Å². The minimum absolute atomic E-state index is 0.196. The third-order valence-corrected chi connectivity index (χ3v) is 10.4. The van der Waals surface area contributed by atoms with Crippen LogP contribution in [0.15, 0.2) is 0 Å². The van der Waals surface area contributed by atoms with Crippen molar-refractivity contribution in [3.8, 4) is 0 Å². The number of hydrogen-bond acceptors (Lipinski definition) is 3. The maximum Gasteiger partial charge on any atom is 0.196 e. The van der Waals surface area contributed by atoms with Crippen LogP contribution in [0, 0.1) is 5.41 Å². The molecule has 0 atom stereocenters. The molecule has 0 aromatic heterocycles. The maximum absolute atomic E-state index is 12.1. The van der Waals surface area contributed by atoms with Gasteiger partial charge in [-0.2, -0.15) is 0 Å². The first-order valence-corrected chi connectivity index (χ1v) is 11.7. The molecule has 0 aromatic carbocycles. The van der Waals surface area contributed by atoms with Crippen LogP contribution in [0.4, 0.5) is 0 Å². The number of halogens is 1. The molecule has 2 nitrogen and oxygen atoms in total. The van der Waals surface area contributed by atoms with E-state index >= 15 is 0 Å². The average Bonchev–Trinajstić information content (AvgIpc) is 2.21. The van der Waals surface area contributed by atoms with Gasteiger partial charge in [0.1, 0.15) is 0 Å². The van der Waals surface area contributed by atoms with Crippen LogP contribution in [0.3, 0.4) is 0 Å². The lowest BCUT2D eigenvalue weighted by Gasteiger charge is -2.38. The molecule has 0 unspecified atom stereocenters. The molecule has 0 spiro atoms. The van der Waals surface area contributed by atoms with E-state index in [9.17, 15) is 4.79 Å². The molecular weight excluding hydrogens is 375 g/mol.